The lowest BCUT2D eigenvalue weighted by molar-refractivity contribution is 1.39. The number of aryl methyl sites for hydroxylation is 2. The van der Waals surface area contributed by atoms with E-state index in [2.05, 4.69) is 0 Å². The van der Waals surface area contributed by atoms with Gasteiger partial charge < -0.3 is 11.5 Å². The molecule has 0 saturated heterocycles. The van der Waals surface area contributed by atoms with Crippen LogP contribution in [0.4, 0.5) is 11.4 Å². The fourth-order valence-electron chi connectivity index (χ4n) is 1.01. The summed E-state index contributed by atoms with van der Waals surface area (Å²) in [6.07, 6.45) is 0. The Balaban J connectivity index is 0.000000561. The van der Waals surface area contributed by atoms with Crippen LogP contribution in [0.5, 0.6) is 0 Å². The van der Waals surface area contributed by atoms with Crippen LogP contribution in [0.15, 0.2) is 12.1 Å². The molecule has 0 bridgehead atoms. The quantitative estimate of drug-likeness (QED) is 0.582. The first-order chi connectivity index (χ1) is 5.61. The third kappa shape index (κ3) is 2.46. The van der Waals surface area contributed by atoms with Gasteiger partial charge in [0.05, 0.1) is 11.4 Å². The lowest BCUT2D eigenvalue weighted by Gasteiger charge is -2.04. The van der Waals surface area contributed by atoms with E-state index >= 15 is 0 Å². The van der Waals surface area contributed by atoms with Gasteiger partial charge in [-0.25, -0.2) is 0 Å². The van der Waals surface area contributed by atoms with E-state index < -0.39 is 0 Å². The Hall–Kier alpha value is -1.18. The third-order valence-electron chi connectivity index (χ3n) is 1.56. The summed E-state index contributed by atoms with van der Waals surface area (Å²) < 4.78 is 0. The molecule has 0 amide bonds. The molecule has 1 aromatic rings. The minimum Gasteiger partial charge on any atom is -0.397 e. The molecule has 0 aromatic heterocycles. The topological polar surface area (TPSA) is 52.0 Å². The summed E-state index contributed by atoms with van der Waals surface area (Å²) in [7, 11) is 0. The molecular formula is C10H18N2. The minimum atomic E-state index is 0.678. The van der Waals surface area contributed by atoms with Gasteiger partial charge >= 0.3 is 0 Å². The van der Waals surface area contributed by atoms with Gasteiger partial charge in [-0.2, -0.15) is 0 Å². The Morgan fingerprint density at radius 2 is 1.50 bits per heavy atom. The second-order valence-electron chi connectivity index (χ2n) is 2.58. The number of hydrogen-bond acceptors (Lipinski definition) is 2. The van der Waals surface area contributed by atoms with Crippen molar-refractivity contribution in [2.45, 2.75) is 27.7 Å². The summed E-state index contributed by atoms with van der Waals surface area (Å²) >= 11 is 0. The first-order valence-electron chi connectivity index (χ1n) is 4.23. The Bertz CT molecular complexity index is 231. The first-order valence-corrected chi connectivity index (χ1v) is 4.23. The van der Waals surface area contributed by atoms with E-state index in [1.54, 1.807) is 0 Å². The minimum absolute atomic E-state index is 0.678. The molecule has 0 heterocycles. The molecule has 0 aliphatic rings. The van der Waals surface area contributed by atoms with E-state index in [1.165, 1.54) is 0 Å². The van der Waals surface area contributed by atoms with E-state index in [1.807, 2.05) is 39.8 Å². The highest BCUT2D eigenvalue weighted by atomic mass is 14.7. The number of benzene rings is 1. The van der Waals surface area contributed by atoms with E-state index in [9.17, 15) is 0 Å². The maximum absolute atomic E-state index is 5.63. The van der Waals surface area contributed by atoms with Crippen molar-refractivity contribution in [3.8, 4) is 0 Å². The van der Waals surface area contributed by atoms with Crippen molar-refractivity contribution in [3.05, 3.63) is 23.3 Å². The molecule has 2 heteroatoms. The Morgan fingerprint density at radius 3 is 1.92 bits per heavy atom. The molecule has 0 saturated carbocycles. The zero-order valence-electron chi connectivity index (χ0n) is 8.31. The zero-order valence-corrected chi connectivity index (χ0v) is 8.31. The van der Waals surface area contributed by atoms with Gasteiger partial charge in [0.1, 0.15) is 0 Å². The highest BCUT2D eigenvalue weighted by molar-refractivity contribution is 5.68. The smallest absolute Gasteiger partial charge is 0.0577 e. The van der Waals surface area contributed by atoms with Crippen LogP contribution in [0, 0.1) is 13.8 Å². The summed E-state index contributed by atoms with van der Waals surface area (Å²) in [4.78, 5) is 0. The van der Waals surface area contributed by atoms with Gasteiger partial charge in [-0.15, -0.1) is 0 Å². The van der Waals surface area contributed by atoms with E-state index in [0.29, 0.717) is 11.4 Å². The van der Waals surface area contributed by atoms with E-state index in [4.69, 9.17) is 11.5 Å². The fourth-order valence-corrected chi connectivity index (χ4v) is 1.01. The van der Waals surface area contributed by atoms with E-state index in [0.717, 1.165) is 11.1 Å². The number of anilines is 2. The molecule has 0 unspecified atom stereocenters. The van der Waals surface area contributed by atoms with Gasteiger partial charge in [0.15, 0.2) is 0 Å². The van der Waals surface area contributed by atoms with Crippen molar-refractivity contribution in [2.75, 3.05) is 11.5 Å². The van der Waals surface area contributed by atoms with Crippen LogP contribution in [0.2, 0.25) is 0 Å². The maximum atomic E-state index is 5.63. The Kier molecular flexibility index (Phi) is 4.19. The van der Waals surface area contributed by atoms with Crippen LogP contribution in [0.25, 0.3) is 0 Å². The second-order valence-corrected chi connectivity index (χ2v) is 2.58. The SMILES string of the molecule is CC.Cc1cc(C)c(N)c(N)c1. The van der Waals surface area contributed by atoms with Gasteiger partial charge in [0.2, 0.25) is 0 Å². The van der Waals surface area contributed by atoms with E-state index in [-0.39, 0.29) is 0 Å². The lowest BCUT2D eigenvalue weighted by atomic mass is 10.1. The summed E-state index contributed by atoms with van der Waals surface area (Å²) in [6, 6.07) is 3.90. The Labute approximate surface area is 74.6 Å². The highest BCUT2D eigenvalue weighted by Gasteiger charge is 1.97. The predicted molar refractivity (Wildman–Crippen MR) is 56.1 cm³/mol. The first kappa shape index (κ1) is 10.8. The molecule has 0 spiro atoms. The molecule has 1 aromatic carbocycles. The monoisotopic (exact) mass is 166 g/mol. The maximum Gasteiger partial charge on any atom is 0.0577 e. The van der Waals surface area contributed by atoms with Crippen LogP contribution < -0.4 is 11.5 Å². The van der Waals surface area contributed by atoms with Crippen LogP contribution in [0.3, 0.4) is 0 Å². The molecule has 68 valence electrons. The summed E-state index contributed by atoms with van der Waals surface area (Å²) in [5, 5.41) is 0. The standard InChI is InChI=1S/C8H12N2.C2H6/c1-5-3-6(2)8(10)7(9)4-5;1-2/h3-4H,9-10H2,1-2H3;1-2H3. The number of nitrogen functional groups attached to an aromatic ring is 2. The third-order valence-corrected chi connectivity index (χ3v) is 1.56. The largest absolute Gasteiger partial charge is 0.397 e. The van der Waals surface area contributed by atoms with Gasteiger partial charge in [0.25, 0.3) is 0 Å². The van der Waals surface area contributed by atoms with Crippen molar-refractivity contribution in [3.63, 3.8) is 0 Å². The number of rotatable bonds is 0. The van der Waals surface area contributed by atoms with Gasteiger partial charge in [-0.1, -0.05) is 19.9 Å². The van der Waals surface area contributed by atoms with Crippen molar-refractivity contribution < 1.29 is 0 Å². The zero-order chi connectivity index (χ0) is 9.72. The van der Waals surface area contributed by atoms with Gasteiger partial charge in [-0.3, -0.25) is 0 Å². The lowest BCUT2D eigenvalue weighted by Crippen LogP contribution is -1.97. The predicted octanol–water partition coefficient (Wildman–Crippen LogP) is 2.49. The molecule has 0 aliphatic heterocycles. The Morgan fingerprint density at radius 1 is 1.00 bits per heavy atom. The van der Waals surface area contributed by atoms with Crippen molar-refractivity contribution in [2.24, 2.45) is 0 Å². The molecule has 1 rings (SSSR count). The molecule has 0 fully saturated rings. The molecule has 4 N–H and O–H groups in total. The van der Waals surface area contributed by atoms with Crippen LogP contribution >= 0.6 is 0 Å². The number of nitrogens with two attached hydrogens (primary N) is 2. The highest BCUT2D eigenvalue weighted by Crippen LogP contribution is 2.20. The van der Waals surface area contributed by atoms with Crippen molar-refractivity contribution in [1.82, 2.24) is 0 Å². The molecule has 0 radical (unpaired) electrons. The van der Waals surface area contributed by atoms with Gasteiger partial charge in [0, 0.05) is 0 Å². The van der Waals surface area contributed by atoms with Gasteiger partial charge in [-0.05, 0) is 31.0 Å². The molecule has 2 nitrogen and oxygen atoms in total. The summed E-state index contributed by atoms with van der Waals surface area (Å²) in [5.74, 6) is 0. The summed E-state index contributed by atoms with van der Waals surface area (Å²) in [6.45, 7) is 7.96. The second kappa shape index (κ2) is 4.65. The van der Waals surface area contributed by atoms with Crippen molar-refractivity contribution >= 4 is 11.4 Å². The number of hydrogen-bond donors (Lipinski definition) is 2. The average Bonchev–Trinajstić information content (AvgIpc) is 2.04. The molecule has 12 heavy (non-hydrogen) atoms. The fraction of sp³-hybridized carbons (Fsp3) is 0.400. The van der Waals surface area contributed by atoms with Crippen LogP contribution in [-0.4, -0.2) is 0 Å². The average molecular weight is 166 g/mol. The van der Waals surface area contributed by atoms with Crippen molar-refractivity contribution in [1.29, 1.82) is 0 Å². The summed E-state index contributed by atoms with van der Waals surface area (Å²) in [5.41, 5.74) is 14.8. The normalized spacial score (nSPS) is 8.67. The van der Waals surface area contributed by atoms with Crippen LogP contribution in [0.1, 0.15) is 25.0 Å². The molecular weight excluding hydrogens is 148 g/mol. The molecule has 0 aliphatic carbocycles. The molecule has 0 atom stereocenters. The van der Waals surface area contributed by atoms with Crippen LogP contribution in [-0.2, 0) is 0 Å².